The molecule has 8 N–H and O–H groups in total. The van der Waals surface area contributed by atoms with E-state index >= 15 is 0 Å². The molecule has 0 saturated carbocycles. The van der Waals surface area contributed by atoms with E-state index in [9.17, 15) is 70.7 Å². The molecule has 0 aliphatic carbocycles. The molecule has 0 radical (unpaired) electrons. The number of Topliss-reactive ketones (excluding diaryl/α,β-unsaturated/α-hetero) is 2. The van der Waals surface area contributed by atoms with E-state index in [2.05, 4.69) is 46.5 Å². The Hall–Kier alpha value is -14.0. The van der Waals surface area contributed by atoms with E-state index < -0.39 is 77.5 Å². The number of piperidine rings is 2. The maximum Gasteiger partial charge on any atom is 0.490 e. The van der Waals surface area contributed by atoms with Gasteiger partial charge in [0.05, 0.1) is 57.4 Å². The maximum atomic E-state index is 13.2. The first-order valence-corrected chi connectivity index (χ1v) is 37.4. The van der Waals surface area contributed by atoms with Crippen LogP contribution in [-0.2, 0) is 49.6 Å². The van der Waals surface area contributed by atoms with E-state index in [0.717, 1.165) is 90.3 Å². The van der Waals surface area contributed by atoms with Gasteiger partial charge in [-0.15, -0.1) is 0 Å². The minimum absolute atomic E-state index is 0. The van der Waals surface area contributed by atoms with Crippen molar-refractivity contribution in [2.45, 2.75) is 143 Å². The second kappa shape index (κ2) is 39.1. The standard InChI is InChI=1S/C40H39N7O8.C20H23N3O6.C19H17N5O3.C2HF3O2.CH4/c1-23-35(24(2)55-45-23)25-10-12-26(13-11-25)37-29(46-20-19-41-21-32(46)43-37)14-16-33(49)42-18-5-3-4-7-27(48)22-54-31-9-6-8-28-36(31)40(53)47(39(28)52)30-15-17-34(50)44-38(30)51;21-10-3-1-2-5-12(24)11-29-15-7-4-6-13-17(15)20(28)23(19(13)27)14-8-9-16(25)22-18(14)26;1-11-17(12(2)27-23-11)13-3-5-14(6-4-13)18-19(21-10-16(25)26)24-8-7-20-9-15(24)22-18;3-2(4,5)1(6)7;/h6,8-13,19-21,30H,3-5,7,14-18,22H2,1-2H3,(H,42,49)(H,44,50,51);4,6-7,14H,1-3,5,8-11,21H2,(H,22,25,26);3-9,21H,10H2,1-2H3,(H,25,26);(H,6,7);1H4. The molecule has 4 aliphatic rings. The van der Waals surface area contributed by atoms with Crippen molar-refractivity contribution in [3.8, 4) is 56.3 Å². The number of ether oxygens (including phenoxy) is 2. The van der Waals surface area contributed by atoms with Crippen LogP contribution in [0.4, 0.5) is 19.0 Å². The lowest BCUT2D eigenvalue weighted by molar-refractivity contribution is -0.192. The van der Waals surface area contributed by atoms with Crippen LogP contribution in [0.5, 0.6) is 11.5 Å². The van der Waals surface area contributed by atoms with Crippen LogP contribution >= 0.6 is 0 Å². The average Bonchev–Trinajstić information content (AvgIpc) is 1.60. The van der Waals surface area contributed by atoms with E-state index in [0.29, 0.717) is 74.4 Å². The van der Waals surface area contributed by atoms with Gasteiger partial charge < -0.3 is 49.5 Å². The first-order valence-electron chi connectivity index (χ1n) is 37.4. The Bertz CT molecular complexity index is 5500. The maximum absolute atomic E-state index is 13.2. The molecular weight excluding hydrogens is 1560 g/mol. The molecule has 34 nitrogen and oxygen atoms in total. The molecule has 9 amide bonds. The van der Waals surface area contributed by atoms with Crippen molar-refractivity contribution in [1.29, 1.82) is 0 Å². The number of aliphatic carboxylic acids is 2. The van der Waals surface area contributed by atoms with Gasteiger partial charge in [0.25, 0.3) is 23.6 Å². The molecule has 0 bridgehead atoms. The zero-order chi connectivity index (χ0) is 84.6. The number of nitrogens with one attached hydrogen (secondary N) is 4. The molecule has 10 heterocycles. The summed E-state index contributed by atoms with van der Waals surface area (Å²) in [5.74, 6) is -6.63. The number of hydrogen-bond donors (Lipinski definition) is 7. The Morgan fingerprint density at radius 2 is 1.02 bits per heavy atom. The molecule has 119 heavy (non-hydrogen) atoms. The number of nitrogens with zero attached hydrogens (tertiary/aromatic N) is 10. The van der Waals surface area contributed by atoms with Gasteiger partial charge in [0.2, 0.25) is 29.5 Å². The number of aromatic nitrogens is 8. The lowest BCUT2D eigenvalue weighted by Crippen LogP contribution is -2.54. The third-order valence-corrected chi connectivity index (χ3v) is 19.4. The first-order chi connectivity index (χ1) is 56.5. The number of carboxylic acid groups (broad SMARTS) is 2. The lowest BCUT2D eigenvalue weighted by atomic mass is 10.0. The van der Waals surface area contributed by atoms with Crippen molar-refractivity contribution in [2.75, 3.05) is 38.2 Å². The summed E-state index contributed by atoms with van der Waals surface area (Å²) in [6.45, 7) is 7.92. The number of amides is 9. The van der Waals surface area contributed by atoms with Gasteiger partial charge in [-0.3, -0.25) is 92.3 Å². The lowest BCUT2D eigenvalue weighted by Gasteiger charge is -2.27. The number of benzene rings is 4. The average molecular weight is 1640 g/mol. The van der Waals surface area contributed by atoms with Crippen molar-refractivity contribution >= 4 is 93.8 Å². The van der Waals surface area contributed by atoms with Crippen LogP contribution in [0.15, 0.2) is 131 Å². The van der Waals surface area contributed by atoms with Crippen molar-refractivity contribution < 1.29 is 104 Å². The van der Waals surface area contributed by atoms with Gasteiger partial charge in [0.15, 0.2) is 22.9 Å². The van der Waals surface area contributed by atoms with Crippen molar-refractivity contribution in [3.05, 3.63) is 173 Å². The van der Waals surface area contributed by atoms with Gasteiger partial charge in [-0.05, 0) is 115 Å². The van der Waals surface area contributed by atoms with E-state index in [1.807, 2.05) is 86.8 Å². The highest BCUT2D eigenvalue weighted by atomic mass is 19.4. The number of anilines is 1. The van der Waals surface area contributed by atoms with Crippen LogP contribution in [0.2, 0.25) is 0 Å². The molecule has 4 aliphatic heterocycles. The number of rotatable bonds is 29. The number of nitrogens with two attached hydrogens (primary N) is 1. The summed E-state index contributed by atoms with van der Waals surface area (Å²) in [7, 11) is 0. The fourth-order valence-corrected chi connectivity index (χ4v) is 13.7. The van der Waals surface area contributed by atoms with Crippen molar-refractivity contribution in [1.82, 2.24) is 64.8 Å². The Morgan fingerprint density at radius 3 is 1.46 bits per heavy atom. The first kappa shape index (κ1) is 87.4. The molecule has 622 valence electrons. The van der Waals surface area contributed by atoms with Crippen molar-refractivity contribution in [3.63, 3.8) is 0 Å². The Labute approximate surface area is 676 Å². The second-order valence-electron chi connectivity index (χ2n) is 27.6. The summed E-state index contributed by atoms with van der Waals surface area (Å²) >= 11 is 0. The van der Waals surface area contributed by atoms with Crippen molar-refractivity contribution in [2.24, 2.45) is 5.73 Å². The summed E-state index contributed by atoms with van der Waals surface area (Å²) in [6.07, 6.45) is 11.0. The molecule has 2 fully saturated rings. The van der Waals surface area contributed by atoms with Crippen LogP contribution < -0.4 is 36.5 Å². The molecule has 0 spiro atoms. The van der Waals surface area contributed by atoms with Crippen LogP contribution in [-0.4, -0.2) is 187 Å². The predicted molar refractivity (Wildman–Crippen MR) is 418 cm³/mol. The molecule has 37 heteroatoms. The topological polar surface area (TPSA) is 474 Å². The fraction of sp³-hybridized carbons (Fsp3) is 0.329. The number of carboxylic acids is 2. The zero-order valence-electron chi connectivity index (χ0n) is 64.2. The number of carbonyl (C=O) groups is 13. The summed E-state index contributed by atoms with van der Waals surface area (Å²) in [5.41, 5.74) is 16.7. The minimum Gasteiger partial charge on any atom is -0.485 e. The number of alkyl halides is 3. The van der Waals surface area contributed by atoms with Crippen LogP contribution in [0, 0.1) is 27.7 Å². The second-order valence-corrected chi connectivity index (χ2v) is 27.6. The third kappa shape index (κ3) is 20.6. The van der Waals surface area contributed by atoms with E-state index in [4.69, 9.17) is 44.2 Å². The molecule has 2 unspecified atom stereocenters. The van der Waals surface area contributed by atoms with Gasteiger partial charge in [-0.25, -0.2) is 14.8 Å². The molecule has 14 rings (SSSR count). The number of ketones is 2. The number of carbonyl (C=O) groups excluding carboxylic acids is 11. The zero-order valence-corrected chi connectivity index (χ0v) is 64.2. The molecule has 2 saturated heterocycles. The Morgan fingerprint density at radius 1 is 0.571 bits per heavy atom. The highest BCUT2D eigenvalue weighted by Crippen LogP contribution is 2.38. The molecular formula is C82H84F3N15O19. The van der Waals surface area contributed by atoms with E-state index in [1.165, 1.54) is 24.3 Å². The highest BCUT2D eigenvalue weighted by molar-refractivity contribution is 6.25. The summed E-state index contributed by atoms with van der Waals surface area (Å²) in [4.78, 5) is 176. The Balaban J connectivity index is 0.000000195. The Kier molecular flexibility index (Phi) is 28.7. The summed E-state index contributed by atoms with van der Waals surface area (Å²) < 4.78 is 57.3. The smallest absolute Gasteiger partial charge is 0.485 e. The molecule has 2 atom stereocenters. The number of unbranched alkanes of at least 4 members (excludes halogenated alkanes) is 4. The number of imide groups is 4. The van der Waals surface area contributed by atoms with Crippen LogP contribution in [0.3, 0.4) is 0 Å². The quantitative estimate of drug-likeness (QED) is 0.0169. The monoisotopic (exact) mass is 1640 g/mol. The minimum atomic E-state index is -5.08. The third-order valence-electron chi connectivity index (χ3n) is 19.4. The van der Waals surface area contributed by atoms with Gasteiger partial charge in [-0.1, -0.05) is 91.2 Å². The molecule has 6 aromatic heterocycles. The molecule has 4 aromatic carbocycles. The van der Waals surface area contributed by atoms with E-state index in [1.54, 1.807) is 47.5 Å². The highest BCUT2D eigenvalue weighted by Gasteiger charge is 2.48. The number of imidazole rings is 2. The molecule has 10 aromatic rings. The van der Waals surface area contributed by atoms with Gasteiger partial charge in [0, 0.05) is 85.7 Å². The largest absolute Gasteiger partial charge is 0.490 e. The SMILES string of the molecule is C.Cc1noc(C)c1-c1ccc(-c2nc3cnccn3c2CCC(=O)NCCCCCC(=O)COc2cccc3c2C(=O)N(C2CCC(=O)NC2=O)C3=O)cc1.Cc1noc(C)c1-c1ccc(-c2nc3cnccn3c2NCC(=O)O)cc1.NCCCCCC(=O)COc1cccc2c1C(=O)N(C1CCC(=O)NC1=O)C2=O.O=C(O)C(F)(F)F. The van der Waals surface area contributed by atoms with Crippen LogP contribution in [0.25, 0.3) is 56.1 Å². The van der Waals surface area contributed by atoms with Gasteiger partial charge >= 0.3 is 18.1 Å². The number of fused-ring (bicyclic) bond motifs is 4. The van der Waals surface area contributed by atoms with Gasteiger partial charge in [-0.2, -0.15) is 13.2 Å². The van der Waals surface area contributed by atoms with Crippen LogP contribution in [0.1, 0.15) is 161 Å². The number of halogens is 3. The number of hydrogen-bond acceptors (Lipinski definition) is 25. The normalized spacial score (nSPS) is 14.8. The van der Waals surface area contributed by atoms with Gasteiger partial charge in [0.1, 0.15) is 66.4 Å². The summed E-state index contributed by atoms with van der Waals surface area (Å²) in [6, 6.07) is 22.8. The fourth-order valence-electron chi connectivity index (χ4n) is 13.7. The summed E-state index contributed by atoms with van der Waals surface area (Å²) in [5, 5.41) is 34.4. The number of aryl methyl sites for hydroxylation is 5. The van der Waals surface area contributed by atoms with E-state index in [-0.39, 0.29) is 117 Å². The predicted octanol–water partition coefficient (Wildman–Crippen LogP) is 9.32.